The SMILES string of the molecule is CC(C)(C)c1ccc(C(C)(C)C)cc1.CCC.CCOC.CCOC.CCc1cc(CC)c(CC)cc1CC.CCc1ccc(CC)cc1.CN(C)c1ccc(N(C)C)cc1.COc1cc(OC)c(OC)cc1OC.COc1ccc(OC)cc1.Cc1ccc(C)cc1. The van der Waals surface area contributed by atoms with Crippen LogP contribution in [0, 0.1) is 13.8 Å². The molecule has 0 spiro atoms. The van der Waals surface area contributed by atoms with Gasteiger partial charge in [-0.1, -0.05) is 199 Å². The van der Waals surface area contributed by atoms with E-state index in [4.69, 9.17) is 28.4 Å². The zero-order valence-electron chi connectivity index (χ0n) is 64.4. The zero-order valence-corrected chi connectivity index (χ0v) is 64.4. The van der Waals surface area contributed by atoms with Crippen LogP contribution in [0.4, 0.5) is 11.4 Å². The van der Waals surface area contributed by atoms with Crippen molar-refractivity contribution in [3.8, 4) is 34.5 Å². The Hall–Kier alpha value is -7.14. The van der Waals surface area contributed by atoms with Crippen molar-refractivity contribution in [2.45, 2.75) is 180 Å². The third kappa shape index (κ3) is 39.9. The quantitative estimate of drug-likeness (QED) is 0.0933. The van der Waals surface area contributed by atoms with Crippen LogP contribution in [0.15, 0.2) is 146 Å². The molecule has 0 radical (unpaired) electrons. The number of anilines is 2. The Bertz CT molecular complexity index is 2510. The van der Waals surface area contributed by atoms with Crippen LogP contribution in [0.2, 0.25) is 0 Å². The second-order valence-electron chi connectivity index (χ2n) is 24.2. The fraction of sp³-hybridized carbons (Fsp3) is 0.494. The molecule has 7 aromatic rings. The Labute approximate surface area is 570 Å². The van der Waals surface area contributed by atoms with Gasteiger partial charge in [0.1, 0.15) is 11.5 Å². The highest BCUT2D eigenvalue weighted by Gasteiger charge is 2.17. The van der Waals surface area contributed by atoms with Crippen LogP contribution in [-0.4, -0.2) is 98.3 Å². The average Bonchev–Trinajstić information content (AvgIpc) is 0.933. The summed E-state index contributed by atoms with van der Waals surface area (Å²) < 4.78 is 39.5. The van der Waals surface area contributed by atoms with E-state index in [1.165, 1.54) is 76.9 Å². The van der Waals surface area contributed by atoms with Crippen molar-refractivity contribution in [1.29, 1.82) is 0 Å². The van der Waals surface area contributed by atoms with E-state index in [-0.39, 0.29) is 10.8 Å². The lowest BCUT2D eigenvalue weighted by molar-refractivity contribution is 0.215. The van der Waals surface area contributed by atoms with Crippen molar-refractivity contribution in [1.82, 2.24) is 0 Å². The van der Waals surface area contributed by atoms with E-state index in [0.717, 1.165) is 37.6 Å². The van der Waals surface area contributed by atoms with Gasteiger partial charge in [0, 0.05) is 79.1 Å². The van der Waals surface area contributed by atoms with Crippen LogP contribution in [0.5, 0.6) is 34.5 Å². The van der Waals surface area contributed by atoms with E-state index in [2.05, 4.69) is 239 Å². The van der Waals surface area contributed by atoms with Crippen LogP contribution in [0.3, 0.4) is 0 Å². The molecule has 522 valence electrons. The molecule has 7 rings (SSSR count). The van der Waals surface area contributed by atoms with E-state index in [9.17, 15) is 0 Å². The van der Waals surface area contributed by atoms with Gasteiger partial charge < -0.3 is 47.7 Å². The van der Waals surface area contributed by atoms with Crippen LogP contribution < -0.4 is 38.2 Å². The molecule has 0 unspecified atom stereocenters. The van der Waals surface area contributed by atoms with Crippen molar-refractivity contribution >= 4 is 11.4 Å². The van der Waals surface area contributed by atoms with Gasteiger partial charge in [-0.3, -0.25) is 0 Å². The monoisotopic (exact) mass is 1280 g/mol. The van der Waals surface area contributed by atoms with Crippen LogP contribution in [0.1, 0.15) is 173 Å². The second-order valence-corrected chi connectivity index (χ2v) is 24.2. The number of benzene rings is 7. The molecule has 0 bridgehead atoms. The largest absolute Gasteiger partial charge is 0.497 e. The lowest BCUT2D eigenvalue weighted by Crippen LogP contribution is -2.14. The van der Waals surface area contributed by atoms with Gasteiger partial charge in [0.25, 0.3) is 0 Å². The highest BCUT2D eigenvalue weighted by atomic mass is 16.5. The lowest BCUT2D eigenvalue weighted by Gasteiger charge is -2.23. The Morgan fingerprint density at radius 3 is 0.677 bits per heavy atom. The molecule has 93 heavy (non-hydrogen) atoms. The Kier molecular flexibility index (Phi) is 51.6. The Balaban J connectivity index is -0.000000994. The molecule has 0 saturated heterocycles. The number of aryl methyl sites for hydroxylation is 8. The van der Waals surface area contributed by atoms with E-state index < -0.39 is 0 Å². The topological polar surface area (TPSA) is 80.3 Å². The molecule has 7 aromatic carbocycles. The minimum absolute atomic E-state index is 0.260. The van der Waals surface area contributed by atoms with Gasteiger partial charge in [-0.25, -0.2) is 0 Å². The maximum absolute atomic E-state index is 5.12. The molecule has 0 heterocycles. The van der Waals surface area contributed by atoms with Gasteiger partial charge in [0.05, 0.1) is 42.7 Å². The summed E-state index contributed by atoms with van der Waals surface area (Å²) in [7, 11) is 21.1. The minimum atomic E-state index is 0.260. The number of nitrogens with zero attached hydrogens (tertiary/aromatic N) is 2. The number of hydrogen-bond donors (Lipinski definition) is 0. The standard InChI is InChI=1S/2C14H22.C10H16N2.C10H14O4.C10H14.C8H10O2.C8H10.2C3H8O.C3H8/c1-13(2,3)11-7-9-12(10-8-11)14(4,5)6;1-5-11-9-13(7-3)14(8-4)10-12(11)6-2;1-11(2)9-5-7-10(8-6-9)12(3)4;1-11-7-5-9(13-3)10(14-4)6-8(7)12-2;1-3-9-5-7-10(4-2)8-6-9;1-9-7-3-5-8(10-2)6-4-7;1-7-3-5-8(2)6-4-7;2*1-3-4-2;1-3-2/h7-10H,1-6H3;9-10H,5-8H2,1-4H3;5-8H,1-4H3;5-6H,1-4H3;5-8H,3-4H2,1-2H3;3-6H,1-2H3;3-6H,1-2H3;2*3H2,1-2H3;3H2,1-2H3. The van der Waals surface area contributed by atoms with Gasteiger partial charge in [-0.2, -0.15) is 0 Å². The van der Waals surface area contributed by atoms with E-state index >= 15 is 0 Å². The first-order valence-electron chi connectivity index (χ1n) is 33.4. The fourth-order valence-electron chi connectivity index (χ4n) is 8.15. The molecule has 10 heteroatoms. The average molecular weight is 1290 g/mol. The molecule has 0 aliphatic carbocycles. The molecule has 0 amide bonds. The highest BCUT2D eigenvalue weighted by Crippen LogP contribution is 2.39. The molecule has 0 aromatic heterocycles. The summed E-state index contributed by atoms with van der Waals surface area (Å²) in [4.78, 5) is 4.19. The van der Waals surface area contributed by atoms with Gasteiger partial charge in [0.15, 0.2) is 23.0 Å². The van der Waals surface area contributed by atoms with E-state index in [1.807, 2.05) is 66.3 Å². The fourth-order valence-corrected chi connectivity index (χ4v) is 8.15. The Morgan fingerprint density at radius 2 is 0.527 bits per heavy atom. The summed E-state index contributed by atoms with van der Waals surface area (Å²) in [6.07, 6.45) is 8.20. The Morgan fingerprint density at radius 1 is 0.301 bits per heavy atom. The van der Waals surface area contributed by atoms with Crippen molar-refractivity contribution in [3.63, 3.8) is 0 Å². The number of rotatable bonds is 16. The highest BCUT2D eigenvalue weighted by molar-refractivity contribution is 5.55. The first-order chi connectivity index (χ1) is 44.1. The van der Waals surface area contributed by atoms with Gasteiger partial charge in [0.2, 0.25) is 0 Å². The van der Waals surface area contributed by atoms with E-state index in [0.29, 0.717) is 23.0 Å². The van der Waals surface area contributed by atoms with Crippen molar-refractivity contribution in [2.75, 3.05) is 108 Å². The smallest absolute Gasteiger partial charge is 0.164 e. The molecule has 0 fully saturated rings. The normalized spacial score (nSPS) is 9.87. The summed E-state index contributed by atoms with van der Waals surface area (Å²) in [6.45, 7) is 40.9. The predicted molar refractivity (Wildman–Crippen MR) is 407 cm³/mol. The van der Waals surface area contributed by atoms with Gasteiger partial charge in [-0.15, -0.1) is 0 Å². The summed E-state index contributed by atoms with van der Waals surface area (Å²) in [6, 6.07) is 50.5. The number of methoxy groups -OCH3 is 8. The third-order valence-corrected chi connectivity index (χ3v) is 14.4. The summed E-state index contributed by atoms with van der Waals surface area (Å²) in [5.74, 6) is 4.16. The predicted octanol–water partition coefficient (Wildman–Crippen LogP) is 21.3. The molecular weight excluding hydrogens is 1150 g/mol. The van der Waals surface area contributed by atoms with Crippen LogP contribution in [-0.2, 0) is 58.8 Å². The zero-order chi connectivity index (χ0) is 71.5. The van der Waals surface area contributed by atoms with Crippen molar-refractivity contribution in [3.05, 3.63) is 201 Å². The molecule has 0 aliphatic rings. The summed E-state index contributed by atoms with van der Waals surface area (Å²) in [5, 5.41) is 0. The third-order valence-electron chi connectivity index (χ3n) is 14.4. The van der Waals surface area contributed by atoms with Crippen molar-refractivity contribution < 1.29 is 37.9 Å². The summed E-state index contributed by atoms with van der Waals surface area (Å²) in [5.41, 5.74) is 17.5. The molecule has 0 N–H and O–H groups in total. The lowest BCUT2D eigenvalue weighted by atomic mass is 9.82. The van der Waals surface area contributed by atoms with Crippen LogP contribution >= 0.6 is 0 Å². The number of hydrogen-bond acceptors (Lipinski definition) is 10. The minimum Gasteiger partial charge on any atom is -0.497 e. The molecule has 10 nitrogen and oxygen atoms in total. The summed E-state index contributed by atoms with van der Waals surface area (Å²) >= 11 is 0. The molecule has 0 saturated carbocycles. The molecule has 0 aliphatic heterocycles. The van der Waals surface area contributed by atoms with Gasteiger partial charge in [-0.05, 0) is 170 Å². The maximum atomic E-state index is 5.12. The number of ether oxygens (including phenoxy) is 8. The first kappa shape index (κ1) is 90.1. The first-order valence-corrected chi connectivity index (χ1v) is 33.4. The van der Waals surface area contributed by atoms with E-state index in [1.54, 1.807) is 91.3 Å². The van der Waals surface area contributed by atoms with Crippen LogP contribution in [0.25, 0.3) is 0 Å². The molecule has 0 atom stereocenters. The maximum Gasteiger partial charge on any atom is 0.164 e. The molecular formula is C83H132N2O8. The van der Waals surface area contributed by atoms with Gasteiger partial charge >= 0.3 is 0 Å². The second kappa shape index (κ2) is 53.3. The van der Waals surface area contributed by atoms with Crippen molar-refractivity contribution in [2.24, 2.45) is 0 Å².